The predicted octanol–water partition coefficient (Wildman–Crippen LogP) is 4.42. The molecule has 0 radical (unpaired) electrons. The number of phenolic OH excluding ortho intramolecular Hbond substituents is 1. The van der Waals surface area contributed by atoms with Gasteiger partial charge in [0.05, 0.1) is 6.04 Å². The summed E-state index contributed by atoms with van der Waals surface area (Å²) in [5, 5.41) is 19.7. The van der Waals surface area contributed by atoms with Crippen molar-refractivity contribution in [2.75, 3.05) is 0 Å². The number of halogens is 3. The second kappa shape index (κ2) is 12.7. The molecule has 0 fully saturated rings. The van der Waals surface area contributed by atoms with Gasteiger partial charge in [0.2, 0.25) is 5.91 Å². The lowest BCUT2D eigenvalue weighted by Gasteiger charge is -2.16. The van der Waals surface area contributed by atoms with E-state index in [-0.39, 0.29) is 11.7 Å². The van der Waals surface area contributed by atoms with Gasteiger partial charge in [0.15, 0.2) is 0 Å². The molecule has 36 heavy (non-hydrogen) atoms. The first kappa shape index (κ1) is 28.4. The Balaban J connectivity index is 0.000000572. The highest BCUT2D eigenvalue weighted by Crippen LogP contribution is 2.22. The smallest absolute Gasteiger partial charge is 0.490 e. The number of hydrogen-bond donors (Lipinski definition) is 4. The van der Waals surface area contributed by atoms with E-state index >= 15 is 0 Å². The fourth-order valence-corrected chi connectivity index (χ4v) is 3.61. The van der Waals surface area contributed by atoms with Crippen molar-refractivity contribution < 1.29 is 33.0 Å². The number of carbonyl (C=O) groups excluding carboxylic acids is 1. The number of carboxylic acid groups (broad SMARTS) is 1. The Morgan fingerprint density at radius 1 is 0.917 bits per heavy atom. The highest BCUT2D eigenvalue weighted by molar-refractivity contribution is 5.82. The van der Waals surface area contributed by atoms with E-state index in [2.05, 4.69) is 29.6 Å². The molecule has 3 rings (SSSR count). The fourth-order valence-electron chi connectivity index (χ4n) is 3.61. The third kappa shape index (κ3) is 9.07. The van der Waals surface area contributed by atoms with Gasteiger partial charge < -0.3 is 21.3 Å². The monoisotopic (exact) mass is 502 g/mol. The number of aliphatic carboxylic acids is 1. The third-order valence-corrected chi connectivity index (χ3v) is 5.39. The Morgan fingerprint density at radius 2 is 1.44 bits per heavy atom. The van der Waals surface area contributed by atoms with Crippen molar-refractivity contribution in [1.29, 1.82) is 0 Å². The van der Waals surface area contributed by atoms with Crippen LogP contribution in [-0.4, -0.2) is 34.3 Å². The summed E-state index contributed by atoms with van der Waals surface area (Å²) in [6.07, 6.45) is -3.78. The minimum absolute atomic E-state index is 0.176. The number of carbonyl (C=O) groups is 2. The molecule has 0 heterocycles. The van der Waals surface area contributed by atoms with Crippen LogP contribution in [0.3, 0.4) is 0 Å². The molecule has 0 aromatic heterocycles. The molecule has 6 nitrogen and oxygen atoms in total. The molecule has 192 valence electrons. The number of aromatic hydroxyl groups is 1. The SMILES string of the molecule is Cc1cc(O)cc(C)c1C[C@H](N)C(=O)NCc1cccc(Cc2ccccc2)c1.O=C(O)C(F)(F)F. The zero-order chi connectivity index (χ0) is 26.9. The van der Waals surface area contributed by atoms with Crippen LogP contribution in [0.15, 0.2) is 66.7 Å². The summed E-state index contributed by atoms with van der Waals surface area (Å²) < 4.78 is 31.7. The van der Waals surface area contributed by atoms with Crippen LogP contribution >= 0.6 is 0 Å². The molecule has 9 heteroatoms. The lowest BCUT2D eigenvalue weighted by molar-refractivity contribution is -0.192. The zero-order valence-corrected chi connectivity index (χ0v) is 20.0. The Hall–Kier alpha value is -3.85. The predicted molar refractivity (Wildman–Crippen MR) is 130 cm³/mol. The Morgan fingerprint density at radius 3 is 2.00 bits per heavy atom. The summed E-state index contributed by atoms with van der Waals surface area (Å²) in [6.45, 7) is 4.29. The molecule has 3 aromatic rings. The van der Waals surface area contributed by atoms with Gasteiger partial charge in [0.1, 0.15) is 5.75 Å². The third-order valence-electron chi connectivity index (χ3n) is 5.39. The van der Waals surface area contributed by atoms with Crippen molar-refractivity contribution in [3.05, 3.63) is 100 Å². The largest absolute Gasteiger partial charge is 0.508 e. The number of alkyl halides is 3. The van der Waals surface area contributed by atoms with Crippen LogP contribution in [0, 0.1) is 13.8 Å². The molecular formula is C27H29F3N2O4. The number of rotatable bonds is 7. The van der Waals surface area contributed by atoms with Crippen LogP contribution in [0.2, 0.25) is 0 Å². The van der Waals surface area contributed by atoms with Crippen molar-refractivity contribution in [1.82, 2.24) is 5.32 Å². The number of hydrogen-bond acceptors (Lipinski definition) is 4. The summed E-state index contributed by atoms with van der Waals surface area (Å²) >= 11 is 0. The van der Waals surface area contributed by atoms with Crippen LogP contribution in [0.1, 0.15) is 33.4 Å². The average Bonchev–Trinajstić information content (AvgIpc) is 2.80. The molecule has 0 bridgehead atoms. The molecule has 0 aliphatic heterocycles. The van der Waals surface area contributed by atoms with Gasteiger partial charge in [-0.3, -0.25) is 4.79 Å². The average molecular weight is 503 g/mol. The quantitative estimate of drug-likeness (QED) is 0.382. The maximum Gasteiger partial charge on any atom is 0.490 e. The molecule has 0 aliphatic rings. The molecule has 3 aromatic carbocycles. The number of amides is 1. The summed E-state index contributed by atoms with van der Waals surface area (Å²) in [4.78, 5) is 21.4. The topological polar surface area (TPSA) is 113 Å². The summed E-state index contributed by atoms with van der Waals surface area (Å²) in [7, 11) is 0. The molecule has 0 saturated heterocycles. The van der Waals surface area contributed by atoms with Gasteiger partial charge in [-0.1, -0.05) is 54.6 Å². The molecule has 1 atom stereocenters. The van der Waals surface area contributed by atoms with E-state index < -0.39 is 18.2 Å². The van der Waals surface area contributed by atoms with Crippen molar-refractivity contribution >= 4 is 11.9 Å². The standard InChI is InChI=1S/C25H28N2O2.C2HF3O2/c1-17-11-22(28)12-18(2)23(17)15-24(26)25(29)27-16-21-10-6-9-20(14-21)13-19-7-4-3-5-8-19;3-2(4,5)1(6)7/h3-12,14,24,28H,13,15-16,26H2,1-2H3,(H,27,29);(H,6,7)/t24-;/m0./s1. The second-order valence-corrected chi connectivity index (χ2v) is 8.37. The summed E-state index contributed by atoms with van der Waals surface area (Å²) in [5.41, 5.74) is 12.6. The van der Waals surface area contributed by atoms with E-state index in [0.29, 0.717) is 13.0 Å². The van der Waals surface area contributed by atoms with Crippen molar-refractivity contribution in [2.45, 2.75) is 45.5 Å². The van der Waals surface area contributed by atoms with Gasteiger partial charge >= 0.3 is 12.1 Å². The number of benzene rings is 3. The van der Waals surface area contributed by atoms with E-state index in [9.17, 15) is 23.1 Å². The molecular weight excluding hydrogens is 473 g/mol. The Bertz CT molecular complexity index is 1160. The molecule has 5 N–H and O–H groups in total. The zero-order valence-electron chi connectivity index (χ0n) is 20.0. The van der Waals surface area contributed by atoms with Crippen LogP contribution in [0.25, 0.3) is 0 Å². The van der Waals surface area contributed by atoms with Crippen molar-refractivity contribution in [2.24, 2.45) is 5.73 Å². The minimum atomic E-state index is -5.08. The molecule has 0 saturated carbocycles. The van der Waals surface area contributed by atoms with Gasteiger partial charge in [-0.2, -0.15) is 13.2 Å². The minimum Gasteiger partial charge on any atom is -0.508 e. The maximum absolute atomic E-state index is 12.5. The van der Waals surface area contributed by atoms with Crippen LogP contribution in [0.5, 0.6) is 5.75 Å². The van der Waals surface area contributed by atoms with Gasteiger partial charge in [-0.15, -0.1) is 0 Å². The maximum atomic E-state index is 12.5. The van der Waals surface area contributed by atoms with Crippen LogP contribution < -0.4 is 11.1 Å². The first-order chi connectivity index (χ1) is 16.9. The van der Waals surface area contributed by atoms with Gasteiger partial charge in [-0.05, 0) is 72.2 Å². The van der Waals surface area contributed by atoms with Crippen molar-refractivity contribution in [3.63, 3.8) is 0 Å². The Kier molecular flexibility index (Phi) is 10.0. The highest BCUT2D eigenvalue weighted by Gasteiger charge is 2.38. The first-order valence-electron chi connectivity index (χ1n) is 11.1. The number of aryl methyl sites for hydroxylation is 2. The number of nitrogens with two attached hydrogens (primary N) is 1. The normalized spacial score (nSPS) is 11.7. The number of phenols is 1. The summed E-state index contributed by atoms with van der Waals surface area (Å²) in [5.74, 6) is -2.70. The van der Waals surface area contributed by atoms with Crippen LogP contribution in [0.4, 0.5) is 13.2 Å². The first-order valence-corrected chi connectivity index (χ1v) is 11.1. The number of nitrogens with one attached hydrogen (secondary N) is 1. The van der Waals surface area contributed by atoms with E-state index in [1.54, 1.807) is 12.1 Å². The lowest BCUT2D eigenvalue weighted by atomic mass is 9.96. The second-order valence-electron chi connectivity index (χ2n) is 8.37. The van der Waals surface area contributed by atoms with E-state index in [0.717, 1.165) is 28.7 Å². The van der Waals surface area contributed by atoms with Crippen molar-refractivity contribution in [3.8, 4) is 5.75 Å². The van der Waals surface area contributed by atoms with Crippen LogP contribution in [-0.2, 0) is 29.0 Å². The molecule has 0 unspecified atom stereocenters. The molecule has 0 spiro atoms. The van der Waals surface area contributed by atoms with Gasteiger partial charge in [0, 0.05) is 6.54 Å². The lowest BCUT2D eigenvalue weighted by Crippen LogP contribution is -2.41. The van der Waals surface area contributed by atoms with Gasteiger partial charge in [0.25, 0.3) is 0 Å². The molecule has 1 amide bonds. The van der Waals surface area contributed by atoms with E-state index in [1.165, 1.54) is 11.1 Å². The summed E-state index contributed by atoms with van der Waals surface area (Å²) in [6, 6.07) is 21.3. The Labute approximate surface area is 207 Å². The highest BCUT2D eigenvalue weighted by atomic mass is 19.4. The molecule has 0 aliphatic carbocycles. The number of carboxylic acids is 1. The van der Waals surface area contributed by atoms with E-state index in [1.807, 2.05) is 44.2 Å². The van der Waals surface area contributed by atoms with E-state index in [4.69, 9.17) is 15.6 Å². The van der Waals surface area contributed by atoms with Gasteiger partial charge in [-0.25, -0.2) is 4.79 Å². The fraction of sp³-hybridized carbons (Fsp3) is 0.259.